The lowest BCUT2D eigenvalue weighted by molar-refractivity contribution is 0.204. The van der Waals surface area contributed by atoms with Crippen LogP contribution < -0.4 is 10.6 Å². The predicted molar refractivity (Wildman–Crippen MR) is 74.5 cm³/mol. The molecule has 0 heterocycles. The minimum Gasteiger partial charge on any atom is -0.398 e. The van der Waals surface area contributed by atoms with E-state index >= 15 is 0 Å². The van der Waals surface area contributed by atoms with Gasteiger partial charge in [0.25, 0.3) is 0 Å². The van der Waals surface area contributed by atoms with Gasteiger partial charge in [-0.1, -0.05) is 19.9 Å². The van der Waals surface area contributed by atoms with Gasteiger partial charge in [0.1, 0.15) is 0 Å². The molecular weight excluding hydrogens is 212 g/mol. The number of nitrogens with two attached hydrogens (primary N) is 1. The summed E-state index contributed by atoms with van der Waals surface area (Å²) < 4.78 is 5.17. The number of benzene rings is 1. The van der Waals surface area contributed by atoms with E-state index in [-0.39, 0.29) is 0 Å². The van der Waals surface area contributed by atoms with Gasteiger partial charge in [0.15, 0.2) is 0 Å². The van der Waals surface area contributed by atoms with E-state index in [0.29, 0.717) is 5.92 Å². The molecule has 2 N–H and O–H groups in total. The fourth-order valence-corrected chi connectivity index (χ4v) is 1.94. The first-order chi connectivity index (χ1) is 8.06. The van der Waals surface area contributed by atoms with Gasteiger partial charge in [-0.3, -0.25) is 0 Å². The molecule has 0 aliphatic rings. The molecule has 0 atom stereocenters. The Morgan fingerprint density at radius 1 is 1.35 bits per heavy atom. The lowest BCUT2D eigenvalue weighted by Gasteiger charge is -2.28. The zero-order valence-corrected chi connectivity index (χ0v) is 11.4. The predicted octanol–water partition coefficient (Wildman–Crippen LogP) is 2.69. The fraction of sp³-hybridized carbons (Fsp3) is 0.571. The van der Waals surface area contributed by atoms with Gasteiger partial charge < -0.3 is 15.4 Å². The maximum absolute atomic E-state index is 5.96. The second kappa shape index (κ2) is 6.50. The Morgan fingerprint density at radius 2 is 2.06 bits per heavy atom. The van der Waals surface area contributed by atoms with Crippen molar-refractivity contribution < 1.29 is 4.74 Å². The second-order valence-corrected chi connectivity index (χ2v) is 4.82. The topological polar surface area (TPSA) is 38.5 Å². The number of anilines is 2. The quantitative estimate of drug-likeness (QED) is 0.772. The molecule has 1 aromatic rings. The molecule has 1 rings (SSSR count). The van der Waals surface area contributed by atoms with E-state index in [4.69, 9.17) is 10.5 Å². The summed E-state index contributed by atoms with van der Waals surface area (Å²) in [5.74, 6) is 0.618. The van der Waals surface area contributed by atoms with Crippen molar-refractivity contribution in [2.45, 2.75) is 20.8 Å². The Bertz CT molecular complexity index is 350. The van der Waals surface area contributed by atoms with Crippen molar-refractivity contribution in [3.63, 3.8) is 0 Å². The zero-order valence-electron chi connectivity index (χ0n) is 11.4. The molecule has 0 aliphatic carbocycles. The third-order valence-corrected chi connectivity index (χ3v) is 2.84. The van der Waals surface area contributed by atoms with Crippen LogP contribution in [0.3, 0.4) is 0 Å². The highest BCUT2D eigenvalue weighted by atomic mass is 16.5. The van der Waals surface area contributed by atoms with Crippen LogP contribution >= 0.6 is 0 Å². The van der Waals surface area contributed by atoms with Gasteiger partial charge in [-0.25, -0.2) is 0 Å². The third kappa shape index (κ3) is 3.93. The van der Waals surface area contributed by atoms with E-state index in [1.54, 1.807) is 7.11 Å². The van der Waals surface area contributed by atoms with Crippen molar-refractivity contribution in [2.24, 2.45) is 5.92 Å². The van der Waals surface area contributed by atoms with Gasteiger partial charge in [-0.05, 0) is 30.5 Å². The first-order valence-corrected chi connectivity index (χ1v) is 6.15. The van der Waals surface area contributed by atoms with E-state index in [1.807, 2.05) is 12.1 Å². The lowest BCUT2D eigenvalue weighted by Crippen LogP contribution is -2.31. The van der Waals surface area contributed by atoms with Crippen LogP contribution in [0.4, 0.5) is 11.4 Å². The van der Waals surface area contributed by atoms with Crippen LogP contribution in [0.15, 0.2) is 18.2 Å². The summed E-state index contributed by atoms with van der Waals surface area (Å²) in [6, 6.07) is 6.09. The summed E-state index contributed by atoms with van der Waals surface area (Å²) in [7, 11) is 1.74. The molecule has 0 amide bonds. The van der Waals surface area contributed by atoms with E-state index in [0.717, 1.165) is 30.9 Å². The first kappa shape index (κ1) is 13.8. The molecule has 3 heteroatoms. The van der Waals surface area contributed by atoms with Crippen LogP contribution in [-0.2, 0) is 4.74 Å². The summed E-state index contributed by atoms with van der Waals surface area (Å²) in [5, 5.41) is 0. The number of rotatable bonds is 6. The molecule has 0 unspecified atom stereocenters. The van der Waals surface area contributed by atoms with E-state index < -0.39 is 0 Å². The van der Waals surface area contributed by atoms with E-state index in [2.05, 4.69) is 31.7 Å². The Balaban J connectivity index is 2.90. The number of nitrogen functional groups attached to an aromatic ring is 1. The fourth-order valence-electron chi connectivity index (χ4n) is 1.94. The molecule has 0 fully saturated rings. The molecule has 0 aliphatic heterocycles. The SMILES string of the molecule is COCCN(CC(C)C)c1cccc(N)c1C. The molecule has 17 heavy (non-hydrogen) atoms. The minimum absolute atomic E-state index is 0.618. The van der Waals surface area contributed by atoms with Crippen molar-refractivity contribution in [1.29, 1.82) is 0 Å². The maximum Gasteiger partial charge on any atom is 0.0637 e. The highest BCUT2D eigenvalue weighted by Crippen LogP contribution is 2.25. The average molecular weight is 236 g/mol. The van der Waals surface area contributed by atoms with Crippen molar-refractivity contribution in [2.75, 3.05) is 37.4 Å². The van der Waals surface area contributed by atoms with Gasteiger partial charge in [0, 0.05) is 31.6 Å². The van der Waals surface area contributed by atoms with Gasteiger partial charge in [0.2, 0.25) is 0 Å². The molecule has 0 saturated heterocycles. The number of hydrogen-bond donors (Lipinski definition) is 1. The van der Waals surface area contributed by atoms with Crippen LogP contribution in [0.1, 0.15) is 19.4 Å². The number of methoxy groups -OCH3 is 1. The monoisotopic (exact) mass is 236 g/mol. The Labute approximate surface area is 105 Å². The zero-order chi connectivity index (χ0) is 12.8. The van der Waals surface area contributed by atoms with Crippen molar-refractivity contribution in [1.82, 2.24) is 0 Å². The molecule has 0 aromatic heterocycles. The van der Waals surface area contributed by atoms with Crippen molar-refractivity contribution in [3.05, 3.63) is 23.8 Å². The third-order valence-electron chi connectivity index (χ3n) is 2.84. The van der Waals surface area contributed by atoms with Crippen LogP contribution in [0.5, 0.6) is 0 Å². The minimum atomic E-state index is 0.618. The molecule has 3 nitrogen and oxygen atoms in total. The van der Waals surface area contributed by atoms with Crippen LogP contribution in [0.25, 0.3) is 0 Å². The second-order valence-electron chi connectivity index (χ2n) is 4.82. The highest BCUT2D eigenvalue weighted by molar-refractivity contribution is 5.64. The summed E-state index contributed by atoms with van der Waals surface area (Å²) in [5.41, 5.74) is 9.19. The number of hydrogen-bond acceptors (Lipinski definition) is 3. The van der Waals surface area contributed by atoms with Crippen LogP contribution in [-0.4, -0.2) is 26.8 Å². The molecule has 96 valence electrons. The smallest absolute Gasteiger partial charge is 0.0637 e. The molecular formula is C14H24N2O. The summed E-state index contributed by atoms with van der Waals surface area (Å²) in [6.45, 7) is 9.18. The maximum atomic E-state index is 5.96. The Hall–Kier alpha value is -1.22. The Kier molecular flexibility index (Phi) is 5.29. The largest absolute Gasteiger partial charge is 0.398 e. The normalized spacial score (nSPS) is 10.9. The average Bonchev–Trinajstić information content (AvgIpc) is 2.28. The van der Waals surface area contributed by atoms with Gasteiger partial charge in [0.05, 0.1) is 6.61 Å². The molecule has 0 saturated carbocycles. The molecule has 1 aromatic carbocycles. The van der Waals surface area contributed by atoms with Gasteiger partial charge in [-0.15, -0.1) is 0 Å². The Morgan fingerprint density at radius 3 is 2.65 bits per heavy atom. The molecule has 0 spiro atoms. The lowest BCUT2D eigenvalue weighted by atomic mass is 10.1. The standard InChI is InChI=1S/C14H24N2O/c1-11(2)10-16(8-9-17-4)14-7-5-6-13(15)12(14)3/h5-7,11H,8-10,15H2,1-4H3. The molecule has 0 radical (unpaired) electrons. The summed E-state index contributed by atoms with van der Waals surface area (Å²) in [6.07, 6.45) is 0. The number of ether oxygens (including phenoxy) is 1. The van der Waals surface area contributed by atoms with Crippen molar-refractivity contribution in [3.8, 4) is 0 Å². The van der Waals surface area contributed by atoms with E-state index in [1.165, 1.54) is 5.69 Å². The van der Waals surface area contributed by atoms with Crippen LogP contribution in [0, 0.1) is 12.8 Å². The van der Waals surface area contributed by atoms with Gasteiger partial charge in [-0.2, -0.15) is 0 Å². The van der Waals surface area contributed by atoms with Gasteiger partial charge >= 0.3 is 0 Å². The highest BCUT2D eigenvalue weighted by Gasteiger charge is 2.11. The molecule has 0 bridgehead atoms. The summed E-state index contributed by atoms with van der Waals surface area (Å²) in [4.78, 5) is 2.35. The van der Waals surface area contributed by atoms with E-state index in [9.17, 15) is 0 Å². The number of nitrogens with zero attached hydrogens (tertiary/aromatic N) is 1. The summed E-state index contributed by atoms with van der Waals surface area (Å²) >= 11 is 0. The van der Waals surface area contributed by atoms with Crippen molar-refractivity contribution >= 4 is 11.4 Å². The van der Waals surface area contributed by atoms with Crippen LogP contribution in [0.2, 0.25) is 0 Å². The first-order valence-electron chi connectivity index (χ1n) is 6.15.